The van der Waals surface area contributed by atoms with Gasteiger partial charge in [0, 0.05) is 13.2 Å². The number of hydrogen-bond donors (Lipinski definition) is 1. The second-order valence-electron chi connectivity index (χ2n) is 4.34. The molecule has 0 aromatic carbocycles. The molecule has 2 aliphatic heterocycles. The summed E-state index contributed by atoms with van der Waals surface area (Å²) >= 11 is 3.11. The summed E-state index contributed by atoms with van der Waals surface area (Å²) in [4.78, 5) is 23.6. The minimum atomic E-state index is -0.595. The van der Waals surface area contributed by atoms with Gasteiger partial charge in [-0.1, -0.05) is 0 Å². The van der Waals surface area contributed by atoms with Crippen molar-refractivity contribution in [2.45, 2.75) is 24.5 Å². The average molecular weight is 319 g/mol. The molecule has 4 atom stereocenters. The van der Waals surface area contributed by atoms with Crippen molar-refractivity contribution in [3.8, 4) is 0 Å². The van der Waals surface area contributed by atoms with Crippen molar-refractivity contribution in [2.24, 2.45) is 7.05 Å². The smallest absolute Gasteiger partial charge is 0.332 e. The van der Waals surface area contributed by atoms with Crippen LogP contribution in [-0.2, 0) is 16.5 Å². The molecule has 2 saturated heterocycles. The SMILES string of the molecule is Cn1c(=O)c(Br)cn([C@@H]2O[C@@H](CO)[C@@H]3O[C@H]32)c1=O. The van der Waals surface area contributed by atoms with Gasteiger partial charge in [0.2, 0.25) is 0 Å². The highest BCUT2D eigenvalue weighted by Crippen LogP contribution is 2.44. The van der Waals surface area contributed by atoms with E-state index in [4.69, 9.17) is 14.6 Å². The third-order valence-electron chi connectivity index (χ3n) is 3.25. The Morgan fingerprint density at radius 1 is 1.39 bits per heavy atom. The van der Waals surface area contributed by atoms with Crippen molar-refractivity contribution in [3.05, 3.63) is 31.5 Å². The molecular weight excluding hydrogens is 308 g/mol. The fourth-order valence-corrected chi connectivity index (χ4v) is 2.69. The first kappa shape index (κ1) is 12.1. The van der Waals surface area contributed by atoms with Gasteiger partial charge in [-0.05, 0) is 15.9 Å². The topological polar surface area (TPSA) is 86.0 Å². The quantitative estimate of drug-likeness (QED) is 0.704. The summed E-state index contributed by atoms with van der Waals surface area (Å²) in [5.74, 6) is 0. The number of halogens is 1. The highest BCUT2D eigenvalue weighted by atomic mass is 79.9. The Hall–Kier alpha value is -0.960. The Balaban J connectivity index is 2.04. The Labute approximate surface area is 110 Å². The zero-order chi connectivity index (χ0) is 13.0. The summed E-state index contributed by atoms with van der Waals surface area (Å²) in [5, 5.41) is 9.09. The zero-order valence-corrected chi connectivity index (χ0v) is 11.0. The summed E-state index contributed by atoms with van der Waals surface area (Å²) in [6.07, 6.45) is -0.00814. The van der Waals surface area contributed by atoms with Crippen LogP contribution >= 0.6 is 15.9 Å². The molecule has 0 spiro atoms. The normalized spacial score (nSPS) is 33.5. The number of fused-ring (bicyclic) bond motifs is 1. The molecule has 3 heterocycles. The van der Waals surface area contributed by atoms with Gasteiger partial charge in [0.25, 0.3) is 5.56 Å². The monoisotopic (exact) mass is 318 g/mol. The molecule has 3 rings (SSSR count). The molecule has 1 aromatic heterocycles. The van der Waals surface area contributed by atoms with E-state index in [2.05, 4.69) is 15.9 Å². The maximum Gasteiger partial charge on any atom is 0.332 e. The van der Waals surface area contributed by atoms with E-state index < -0.39 is 23.6 Å². The number of hydrogen-bond acceptors (Lipinski definition) is 5. The lowest BCUT2D eigenvalue weighted by Crippen LogP contribution is -2.41. The summed E-state index contributed by atoms with van der Waals surface area (Å²) in [5.41, 5.74) is -0.873. The summed E-state index contributed by atoms with van der Waals surface area (Å²) in [7, 11) is 1.40. The van der Waals surface area contributed by atoms with Gasteiger partial charge in [0.05, 0.1) is 11.1 Å². The third kappa shape index (κ3) is 1.60. The van der Waals surface area contributed by atoms with Crippen LogP contribution in [0.25, 0.3) is 0 Å². The van der Waals surface area contributed by atoms with Gasteiger partial charge in [-0.3, -0.25) is 13.9 Å². The fourth-order valence-electron chi connectivity index (χ4n) is 2.20. The molecule has 98 valence electrons. The first-order valence-electron chi connectivity index (χ1n) is 5.44. The molecule has 0 unspecified atom stereocenters. The van der Waals surface area contributed by atoms with Crippen LogP contribution < -0.4 is 11.2 Å². The molecule has 0 aliphatic carbocycles. The van der Waals surface area contributed by atoms with Crippen LogP contribution in [0.15, 0.2) is 20.3 Å². The molecule has 0 bridgehead atoms. The van der Waals surface area contributed by atoms with E-state index in [1.165, 1.54) is 17.8 Å². The largest absolute Gasteiger partial charge is 0.394 e. The number of aliphatic hydroxyl groups excluding tert-OH is 1. The van der Waals surface area contributed by atoms with Gasteiger partial charge < -0.3 is 14.6 Å². The first-order valence-corrected chi connectivity index (χ1v) is 6.23. The molecule has 0 saturated carbocycles. The predicted octanol–water partition coefficient (Wildman–Crippen LogP) is -1.03. The van der Waals surface area contributed by atoms with Gasteiger partial charge in [0.15, 0.2) is 6.23 Å². The van der Waals surface area contributed by atoms with Crippen molar-refractivity contribution in [2.75, 3.05) is 6.61 Å². The Morgan fingerprint density at radius 3 is 2.72 bits per heavy atom. The maximum absolute atomic E-state index is 12.0. The van der Waals surface area contributed by atoms with Crippen molar-refractivity contribution in [1.29, 1.82) is 0 Å². The Morgan fingerprint density at radius 2 is 2.11 bits per heavy atom. The Kier molecular flexibility index (Phi) is 2.70. The molecule has 0 radical (unpaired) electrons. The van der Waals surface area contributed by atoms with Crippen LogP contribution in [0.4, 0.5) is 0 Å². The molecule has 7 nitrogen and oxygen atoms in total. The van der Waals surface area contributed by atoms with Gasteiger partial charge >= 0.3 is 5.69 Å². The van der Waals surface area contributed by atoms with Crippen molar-refractivity contribution >= 4 is 15.9 Å². The number of aliphatic hydroxyl groups is 1. The summed E-state index contributed by atoms with van der Waals surface area (Å²) < 4.78 is 13.5. The fraction of sp³-hybridized carbons (Fsp3) is 0.600. The maximum atomic E-state index is 12.0. The van der Waals surface area contributed by atoms with Crippen LogP contribution in [0.2, 0.25) is 0 Å². The second kappa shape index (κ2) is 4.02. The average Bonchev–Trinajstić information content (AvgIpc) is 3.07. The lowest BCUT2D eigenvalue weighted by atomic mass is 10.2. The zero-order valence-electron chi connectivity index (χ0n) is 9.45. The van der Waals surface area contributed by atoms with Gasteiger partial charge in [-0.15, -0.1) is 0 Å². The van der Waals surface area contributed by atoms with E-state index in [1.807, 2.05) is 0 Å². The standard InChI is InChI=1S/C10H11BrN2O5/c1-12-8(15)4(11)2-13(10(12)16)9-7-6(18-7)5(3-14)17-9/h2,5-7,9,14H,3H2,1H3/t5-,6-,7+,9+/m0/s1. The number of nitrogens with zero attached hydrogens (tertiary/aromatic N) is 2. The van der Waals surface area contributed by atoms with Crippen LogP contribution in [0.1, 0.15) is 6.23 Å². The van der Waals surface area contributed by atoms with E-state index in [9.17, 15) is 9.59 Å². The number of ether oxygens (including phenoxy) is 2. The van der Waals surface area contributed by atoms with Crippen molar-refractivity contribution in [3.63, 3.8) is 0 Å². The second-order valence-corrected chi connectivity index (χ2v) is 5.20. The van der Waals surface area contributed by atoms with Crippen molar-refractivity contribution < 1.29 is 14.6 Å². The van der Waals surface area contributed by atoms with Crippen molar-refractivity contribution in [1.82, 2.24) is 9.13 Å². The lowest BCUT2D eigenvalue weighted by Gasteiger charge is -2.18. The summed E-state index contributed by atoms with van der Waals surface area (Å²) in [6.45, 7) is -0.153. The van der Waals surface area contributed by atoms with Crippen LogP contribution in [0, 0.1) is 0 Å². The number of aromatic nitrogens is 2. The number of epoxide rings is 1. The molecular formula is C10H11BrN2O5. The molecule has 2 aliphatic rings. The van der Waals surface area contributed by atoms with Gasteiger partial charge in [0.1, 0.15) is 18.3 Å². The minimum absolute atomic E-state index is 0.153. The molecule has 18 heavy (non-hydrogen) atoms. The molecule has 8 heteroatoms. The minimum Gasteiger partial charge on any atom is -0.394 e. The highest BCUT2D eigenvalue weighted by molar-refractivity contribution is 9.10. The molecule has 2 fully saturated rings. The van der Waals surface area contributed by atoms with E-state index in [-0.39, 0.29) is 23.3 Å². The van der Waals surface area contributed by atoms with Gasteiger partial charge in [-0.25, -0.2) is 4.79 Å². The highest BCUT2D eigenvalue weighted by Gasteiger charge is 2.58. The first-order chi connectivity index (χ1) is 8.54. The Bertz CT molecular complexity index is 609. The van der Waals surface area contributed by atoms with E-state index in [1.54, 1.807) is 0 Å². The lowest BCUT2D eigenvalue weighted by molar-refractivity contribution is -0.0860. The number of rotatable bonds is 2. The van der Waals surface area contributed by atoms with E-state index >= 15 is 0 Å². The molecule has 1 N–H and O–H groups in total. The molecule has 1 aromatic rings. The van der Waals surface area contributed by atoms with E-state index in [0.29, 0.717) is 0 Å². The van der Waals surface area contributed by atoms with Crippen LogP contribution in [0.3, 0.4) is 0 Å². The van der Waals surface area contributed by atoms with Gasteiger partial charge in [-0.2, -0.15) is 0 Å². The predicted molar refractivity (Wildman–Crippen MR) is 63.3 cm³/mol. The van der Waals surface area contributed by atoms with Crippen LogP contribution in [-0.4, -0.2) is 39.2 Å². The molecule has 0 amide bonds. The third-order valence-corrected chi connectivity index (χ3v) is 3.79. The summed E-state index contributed by atoms with van der Waals surface area (Å²) in [6, 6.07) is 0. The van der Waals surface area contributed by atoms with E-state index in [0.717, 1.165) is 4.57 Å². The van der Waals surface area contributed by atoms with Crippen LogP contribution in [0.5, 0.6) is 0 Å².